The van der Waals surface area contributed by atoms with Crippen LogP contribution in [-0.4, -0.2) is 59.9 Å². The van der Waals surface area contributed by atoms with Gasteiger partial charge in [0.25, 0.3) is 0 Å². The minimum absolute atomic E-state index is 0.258. The van der Waals surface area contributed by atoms with E-state index in [9.17, 15) is 4.39 Å². The van der Waals surface area contributed by atoms with E-state index in [-0.39, 0.29) is 5.82 Å². The molecule has 0 spiro atoms. The summed E-state index contributed by atoms with van der Waals surface area (Å²) in [6, 6.07) is 11.8. The van der Waals surface area contributed by atoms with Gasteiger partial charge in [-0.25, -0.2) is 9.37 Å². The van der Waals surface area contributed by atoms with Crippen LogP contribution in [-0.2, 0) is 6.54 Å². The van der Waals surface area contributed by atoms with Crippen LogP contribution < -0.4 is 15.0 Å². The Morgan fingerprint density at radius 3 is 2.86 bits per heavy atom. The van der Waals surface area contributed by atoms with Gasteiger partial charge in [-0.05, 0) is 49.9 Å². The molecule has 2 atom stereocenters. The molecule has 2 aromatic heterocycles. The van der Waals surface area contributed by atoms with Crippen molar-refractivity contribution < 1.29 is 13.7 Å². The number of hydrogen-bond acceptors (Lipinski definition) is 7. The fraction of sp³-hybridized carbons (Fsp3) is 0.571. The van der Waals surface area contributed by atoms with Crippen LogP contribution in [0, 0.1) is 11.7 Å². The van der Waals surface area contributed by atoms with Gasteiger partial charge in [0.1, 0.15) is 5.82 Å². The zero-order valence-corrected chi connectivity index (χ0v) is 20.9. The largest absolute Gasteiger partial charge is 0.477 e. The Morgan fingerprint density at radius 2 is 1.94 bits per heavy atom. The second-order valence-electron chi connectivity index (χ2n) is 10.7. The number of fused-ring (bicyclic) bond motifs is 2. The molecule has 2 saturated heterocycles. The van der Waals surface area contributed by atoms with E-state index in [1.165, 1.54) is 44.2 Å². The Labute approximate surface area is 212 Å². The number of nitrogens with zero attached hydrogens (tertiary/aromatic N) is 4. The lowest BCUT2D eigenvalue weighted by Gasteiger charge is -2.46. The Bertz CT molecular complexity index is 1160. The fourth-order valence-corrected chi connectivity index (χ4v) is 6.11. The van der Waals surface area contributed by atoms with Gasteiger partial charge in [-0.15, -0.1) is 0 Å². The summed E-state index contributed by atoms with van der Waals surface area (Å²) in [5.74, 6) is 1.74. The number of aromatic nitrogens is 2. The highest BCUT2D eigenvalue weighted by atomic mass is 19.1. The van der Waals surface area contributed by atoms with Gasteiger partial charge in [-0.3, -0.25) is 4.90 Å². The number of anilines is 1. The Balaban J connectivity index is 0.994. The first-order valence-electron chi connectivity index (χ1n) is 13.6. The summed E-state index contributed by atoms with van der Waals surface area (Å²) in [5.41, 5.74) is 1.69. The molecule has 7 nitrogen and oxygen atoms in total. The second kappa shape index (κ2) is 10.7. The van der Waals surface area contributed by atoms with Crippen LogP contribution in [0.5, 0.6) is 5.88 Å². The summed E-state index contributed by atoms with van der Waals surface area (Å²) in [4.78, 5) is 9.57. The first-order chi connectivity index (χ1) is 17.7. The normalized spacial score (nSPS) is 23.6. The van der Waals surface area contributed by atoms with Crippen molar-refractivity contribution in [2.45, 2.75) is 63.6 Å². The first kappa shape index (κ1) is 23.7. The molecule has 1 aromatic carbocycles. The quantitative estimate of drug-likeness (QED) is 0.509. The lowest BCUT2D eigenvalue weighted by Crippen LogP contribution is -2.57. The van der Waals surface area contributed by atoms with E-state index in [1.807, 2.05) is 6.07 Å². The van der Waals surface area contributed by atoms with Crippen molar-refractivity contribution in [1.29, 1.82) is 0 Å². The molecular weight excluding hydrogens is 457 g/mol. The number of halogens is 1. The molecule has 0 amide bonds. The third-order valence-corrected chi connectivity index (χ3v) is 8.14. The van der Waals surface area contributed by atoms with Gasteiger partial charge in [0, 0.05) is 56.8 Å². The highest BCUT2D eigenvalue weighted by Gasteiger charge is 2.34. The summed E-state index contributed by atoms with van der Waals surface area (Å²) in [7, 11) is 0. The molecule has 0 radical (unpaired) electrons. The number of benzene rings is 1. The van der Waals surface area contributed by atoms with Crippen molar-refractivity contribution >= 4 is 16.8 Å². The summed E-state index contributed by atoms with van der Waals surface area (Å²) in [6.07, 6.45) is 8.85. The van der Waals surface area contributed by atoms with Gasteiger partial charge < -0.3 is 19.5 Å². The highest BCUT2D eigenvalue weighted by Crippen LogP contribution is 2.32. The first-order valence-corrected chi connectivity index (χ1v) is 13.6. The Morgan fingerprint density at radius 1 is 1.03 bits per heavy atom. The van der Waals surface area contributed by atoms with Gasteiger partial charge in [-0.2, -0.15) is 0 Å². The van der Waals surface area contributed by atoms with E-state index in [4.69, 9.17) is 14.2 Å². The van der Waals surface area contributed by atoms with E-state index in [2.05, 4.69) is 32.4 Å². The summed E-state index contributed by atoms with van der Waals surface area (Å²) < 4.78 is 25.4. The van der Waals surface area contributed by atoms with Crippen molar-refractivity contribution in [3.8, 4) is 5.88 Å². The molecule has 0 unspecified atom stereocenters. The maximum atomic E-state index is 13.8. The minimum Gasteiger partial charge on any atom is -0.477 e. The minimum atomic E-state index is -0.258. The summed E-state index contributed by atoms with van der Waals surface area (Å²) >= 11 is 0. The van der Waals surface area contributed by atoms with Crippen LogP contribution in [0.1, 0.15) is 50.6 Å². The van der Waals surface area contributed by atoms with E-state index >= 15 is 0 Å². The second-order valence-corrected chi connectivity index (χ2v) is 10.7. The molecule has 6 rings (SSSR count). The number of rotatable bonds is 7. The van der Waals surface area contributed by atoms with Crippen molar-refractivity contribution in [2.24, 2.45) is 5.92 Å². The number of piperidine rings is 1. The molecule has 3 fully saturated rings. The molecule has 1 N–H and O–H groups in total. The zero-order chi connectivity index (χ0) is 24.3. The van der Waals surface area contributed by atoms with Gasteiger partial charge in [0.2, 0.25) is 5.88 Å². The van der Waals surface area contributed by atoms with Gasteiger partial charge in [-0.1, -0.05) is 30.5 Å². The van der Waals surface area contributed by atoms with Crippen molar-refractivity contribution in [2.75, 3.05) is 37.7 Å². The standard InChI is InChI=1S/C28H36FN5O2/c29-21-10-12-26-25(15-21)28(32-36-26)34-14-13-33-17-20(9-11-24(33)18-34)19-35-27-8-4-7-23(31-27)16-30-22-5-2-1-3-6-22/h4,7-8,10,12,15,20,22,24,30H,1-3,5-6,9,11,13-14,16-19H2/t20-,24-/m1/s1. The molecule has 1 aliphatic carbocycles. The predicted molar refractivity (Wildman–Crippen MR) is 138 cm³/mol. The average molecular weight is 494 g/mol. The highest BCUT2D eigenvalue weighted by molar-refractivity contribution is 5.88. The van der Waals surface area contributed by atoms with Crippen molar-refractivity contribution in [3.63, 3.8) is 0 Å². The molecule has 36 heavy (non-hydrogen) atoms. The average Bonchev–Trinajstić information content (AvgIpc) is 3.34. The molecule has 1 saturated carbocycles. The monoisotopic (exact) mass is 493 g/mol. The Hall–Kier alpha value is -2.71. The molecule has 2 aliphatic heterocycles. The van der Waals surface area contributed by atoms with E-state index in [0.29, 0.717) is 30.2 Å². The lowest BCUT2D eigenvalue weighted by molar-refractivity contribution is 0.0716. The van der Waals surface area contributed by atoms with Crippen LogP contribution in [0.25, 0.3) is 11.0 Å². The van der Waals surface area contributed by atoms with Crippen LogP contribution >= 0.6 is 0 Å². The van der Waals surface area contributed by atoms with Crippen molar-refractivity contribution in [1.82, 2.24) is 20.4 Å². The molecule has 4 heterocycles. The Kier molecular flexibility index (Phi) is 7.05. The number of hydrogen-bond donors (Lipinski definition) is 1. The molecule has 0 bridgehead atoms. The third kappa shape index (κ3) is 5.34. The predicted octanol–water partition coefficient (Wildman–Crippen LogP) is 4.76. The smallest absolute Gasteiger partial charge is 0.213 e. The maximum absolute atomic E-state index is 13.8. The maximum Gasteiger partial charge on any atom is 0.213 e. The van der Waals surface area contributed by atoms with E-state index in [1.54, 1.807) is 6.07 Å². The van der Waals surface area contributed by atoms with Crippen LogP contribution in [0.4, 0.5) is 10.2 Å². The molecular formula is C28H36FN5O2. The van der Waals surface area contributed by atoms with Crippen LogP contribution in [0.2, 0.25) is 0 Å². The molecule has 192 valence electrons. The zero-order valence-electron chi connectivity index (χ0n) is 20.9. The topological polar surface area (TPSA) is 66.7 Å². The van der Waals surface area contributed by atoms with Gasteiger partial charge >= 0.3 is 0 Å². The van der Waals surface area contributed by atoms with E-state index < -0.39 is 0 Å². The fourth-order valence-electron chi connectivity index (χ4n) is 6.11. The molecule has 3 aromatic rings. The number of nitrogens with one attached hydrogen (secondary N) is 1. The molecule has 3 aliphatic rings. The number of ether oxygens (including phenoxy) is 1. The van der Waals surface area contributed by atoms with Gasteiger partial charge in [0.05, 0.1) is 17.7 Å². The molecule has 8 heteroatoms. The lowest BCUT2D eigenvalue weighted by atomic mass is 9.91. The SMILES string of the molecule is Fc1ccc2onc(N3CCN4C[C@H](COc5cccc(CNC6CCCCC6)n5)CC[C@@H]4C3)c2c1. The third-order valence-electron chi connectivity index (χ3n) is 8.14. The van der Waals surface area contributed by atoms with E-state index in [0.717, 1.165) is 68.3 Å². The van der Waals surface area contributed by atoms with Crippen molar-refractivity contribution in [3.05, 3.63) is 47.9 Å². The van der Waals surface area contributed by atoms with Gasteiger partial charge in [0.15, 0.2) is 11.4 Å². The van der Waals surface area contributed by atoms with Crippen LogP contribution in [0.15, 0.2) is 40.9 Å². The van der Waals surface area contributed by atoms with Crippen LogP contribution in [0.3, 0.4) is 0 Å². The summed E-state index contributed by atoms with van der Waals surface area (Å²) in [6.45, 7) is 5.27. The number of pyridine rings is 1. The number of piperazine rings is 1. The summed E-state index contributed by atoms with van der Waals surface area (Å²) in [5, 5.41) is 8.69.